The van der Waals surface area contributed by atoms with Crippen LogP contribution in [-0.4, -0.2) is 11.1 Å². The van der Waals surface area contributed by atoms with Crippen molar-refractivity contribution in [3.63, 3.8) is 0 Å². The lowest BCUT2D eigenvalue weighted by molar-refractivity contribution is 1.08. The van der Waals surface area contributed by atoms with E-state index in [2.05, 4.69) is 4.99 Å². The molecule has 0 amide bonds. The number of nitrogens with zero attached hydrogens (tertiary/aromatic N) is 1. The van der Waals surface area contributed by atoms with E-state index >= 15 is 0 Å². The molecule has 1 atom stereocenters. The highest BCUT2D eigenvalue weighted by Gasteiger charge is 2.12. The number of rotatable bonds is 0. The summed E-state index contributed by atoms with van der Waals surface area (Å²) in [7, 11) is 0. The summed E-state index contributed by atoms with van der Waals surface area (Å²) in [5.74, 6) is 0. The second-order valence-corrected chi connectivity index (χ2v) is 2.94. The fourth-order valence-electron chi connectivity index (χ4n) is 0.575. The topological polar surface area (TPSA) is 12.4 Å². The summed E-state index contributed by atoms with van der Waals surface area (Å²) in [6.07, 6.45) is 9.05. The molecular weight excluding hydrogens is 134 g/mol. The molecule has 0 aromatic rings. The third-order valence-electron chi connectivity index (χ3n) is 1.03. The van der Waals surface area contributed by atoms with Crippen LogP contribution in [0, 0.1) is 0 Å². The van der Waals surface area contributed by atoms with Crippen molar-refractivity contribution in [1.82, 2.24) is 0 Å². The molecule has 0 aromatic heterocycles. The first-order valence-electron chi connectivity index (χ1n) is 2.78. The average Bonchev–Trinajstić information content (AvgIpc) is 1.92. The zero-order chi connectivity index (χ0) is 6.74. The van der Waals surface area contributed by atoms with Crippen LogP contribution in [0.4, 0.5) is 0 Å². The van der Waals surface area contributed by atoms with Crippen molar-refractivity contribution in [1.29, 1.82) is 0 Å². The molecule has 1 nitrogen and oxygen atoms in total. The molecule has 1 aliphatic rings. The maximum absolute atomic E-state index is 5.90. The Morgan fingerprint density at radius 3 is 3.00 bits per heavy atom. The van der Waals surface area contributed by atoms with Gasteiger partial charge in [0.25, 0.3) is 0 Å². The van der Waals surface area contributed by atoms with Crippen LogP contribution < -0.4 is 0 Å². The lowest BCUT2D eigenvalue weighted by Crippen LogP contribution is -2.12. The van der Waals surface area contributed by atoms with Crippen molar-refractivity contribution in [2.75, 3.05) is 0 Å². The Bertz CT molecular complexity index is 159. The predicted molar refractivity (Wildman–Crippen MR) is 41.0 cm³/mol. The van der Waals surface area contributed by atoms with E-state index < -0.39 is 4.87 Å². The normalized spacial score (nSPS) is 32.7. The summed E-state index contributed by atoms with van der Waals surface area (Å²) < 4.78 is 0. The average molecular weight is 142 g/mol. The lowest BCUT2D eigenvalue weighted by Gasteiger charge is -2.07. The number of alkyl halides is 1. The van der Waals surface area contributed by atoms with E-state index in [1.165, 1.54) is 0 Å². The van der Waals surface area contributed by atoms with Crippen LogP contribution in [-0.2, 0) is 0 Å². The van der Waals surface area contributed by atoms with E-state index in [0.29, 0.717) is 0 Å². The molecule has 0 bridgehead atoms. The van der Waals surface area contributed by atoms with Crippen LogP contribution in [0.25, 0.3) is 0 Å². The quantitative estimate of drug-likeness (QED) is 0.459. The fraction of sp³-hybridized carbons (Fsp3) is 0.286. The standard InChI is InChI=1S/C7H8ClN/c1-7(8)4-2-3-5-9-6-7/h2-6H,1H3. The molecule has 1 rings (SSSR count). The largest absolute Gasteiger partial charge is 0.267 e. The van der Waals surface area contributed by atoms with Gasteiger partial charge in [0.2, 0.25) is 0 Å². The first kappa shape index (κ1) is 6.56. The summed E-state index contributed by atoms with van der Waals surface area (Å²) in [6.45, 7) is 1.89. The van der Waals surface area contributed by atoms with Crippen LogP contribution in [0.15, 0.2) is 29.4 Å². The molecule has 0 spiro atoms. The van der Waals surface area contributed by atoms with Crippen LogP contribution in [0.1, 0.15) is 6.92 Å². The second kappa shape index (κ2) is 2.36. The molecule has 9 heavy (non-hydrogen) atoms. The Balaban J connectivity index is 2.82. The van der Waals surface area contributed by atoms with Crippen molar-refractivity contribution >= 4 is 17.8 Å². The highest BCUT2D eigenvalue weighted by molar-refractivity contribution is 6.33. The van der Waals surface area contributed by atoms with E-state index in [-0.39, 0.29) is 0 Å². The maximum atomic E-state index is 5.90. The first-order chi connectivity index (χ1) is 4.21. The molecular formula is C7H8ClN. The molecule has 0 aromatic carbocycles. The minimum Gasteiger partial charge on any atom is -0.267 e. The van der Waals surface area contributed by atoms with Gasteiger partial charge in [-0.15, -0.1) is 11.6 Å². The Kier molecular flexibility index (Phi) is 1.72. The molecule has 48 valence electrons. The molecule has 0 saturated carbocycles. The highest BCUT2D eigenvalue weighted by atomic mass is 35.5. The van der Waals surface area contributed by atoms with Gasteiger partial charge >= 0.3 is 0 Å². The number of aliphatic imine (C=N–C) groups is 1. The van der Waals surface area contributed by atoms with Gasteiger partial charge in [0.05, 0.1) is 4.87 Å². The first-order valence-corrected chi connectivity index (χ1v) is 3.16. The van der Waals surface area contributed by atoms with E-state index in [9.17, 15) is 0 Å². The van der Waals surface area contributed by atoms with Gasteiger partial charge in [-0.05, 0) is 13.0 Å². The molecule has 0 aliphatic carbocycles. The second-order valence-electron chi connectivity index (χ2n) is 2.13. The van der Waals surface area contributed by atoms with Crippen LogP contribution in [0.2, 0.25) is 0 Å². The van der Waals surface area contributed by atoms with E-state index in [4.69, 9.17) is 11.6 Å². The van der Waals surface area contributed by atoms with E-state index in [0.717, 1.165) is 0 Å². The van der Waals surface area contributed by atoms with Gasteiger partial charge in [0, 0.05) is 12.4 Å². The number of hydrogen-bond donors (Lipinski definition) is 0. The lowest BCUT2D eigenvalue weighted by atomic mass is 10.2. The van der Waals surface area contributed by atoms with Gasteiger partial charge in [-0.3, -0.25) is 4.99 Å². The minimum absolute atomic E-state index is 0.399. The molecule has 1 aliphatic heterocycles. The summed E-state index contributed by atoms with van der Waals surface area (Å²) in [6, 6.07) is 0. The Hall–Kier alpha value is -0.560. The predicted octanol–water partition coefficient (Wildman–Crippen LogP) is 2.14. The number of halogens is 1. The van der Waals surface area contributed by atoms with Gasteiger partial charge < -0.3 is 0 Å². The molecule has 0 fully saturated rings. The van der Waals surface area contributed by atoms with E-state index in [1.807, 2.05) is 25.2 Å². The Morgan fingerprint density at radius 2 is 2.22 bits per heavy atom. The van der Waals surface area contributed by atoms with Gasteiger partial charge in [-0.1, -0.05) is 12.2 Å². The van der Waals surface area contributed by atoms with Crippen LogP contribution in [0.5, 0.6) is 0 Å². The van der Waals surface area contributed by atoms with Crippen LogP contribution >= 0.6 is 11.6 Å². The van der Waals surface area contributed by atoms with Gasteiger partial charge in [0.15, 0.2) is 0 Å². The SMILES string of the molecule is CC1(Cl)C=CC=CN=C1. The summed E-state index contributed by atoms with van der Waals surface area (Å²) >= 11 is 5.90. The van der Waals surface area contributed by atoms with Gasteiger partial charge in [0.1, 0.15) is 0 Å². The molecule has 0 saturated heterocycles. The third-order valence-corrected chi connectivity index (χ3v) is 1.26. The monoisotopic (exact) mass is 141 g/mol. The van der Waals surface area contributed by atoms with Gasteiger partial charge in [-0.2, -0.15) is 0 Å². The highest BCUT2D eigenvalue weighted by Crippen LogP contribution is 2.14. The fourth-order valence-corrected chi connectivity index (χ4v) is 0.704. The molecule has 2 heteroatoms. The zero-order valence-electron chi connectivity index (χ0n) is 5.21. The molecule has 0 N–H and O–H groups in total. The van der Waals surface area contributed by atoms with Crippen molar-refractivity contribution in [3.8, 4) is 0 Å². The summed E-state index contributed by atoms with van der Waals surface area (Å²) in [5, 5.41) is 0. The zero-order valence-corrected chi connectivity index (χ0v) is 5.97. The van der Waals surface area contributed by atoms with Crippen molar-refractivity contribution < 1.29 is 0 Å². The minimum atomic E-state index is -0.399. The molecule has 1 heterocycles. The van der Waals surface area contributed by atoms with Gasteiger partial charge in [-0.25, -0.2) is 0 Å². The smallest absolute Gasteiger partial charge is 0.0951 e. The maximum Gasteiger partial charge on any atom is 0.0951 e. The summed E-state index contributed by atoms with van der Waals surface area (Å²) in [5.41, 5.74) is 0. The van der Waals surface area contributed by atoms with Crippen molar-refractivity contribution in [2.24, 2.45) is 4.99 Å². The molecule has 0 radical (unpaired) electrons. The Morgan fingerprint density at radius 1 is 1.44 bits per heavy atom. The number of hydrogen-bond acceptors (Lipinski definition) is 1. The molecule has 1 unspecified atom stereocenters. The van der Waals surface area contributed by atoms with Crippen molar-refractivity contribution in [2.45, 2.75) is 11.8 Å². The number of allylic oxidation sites excluding steroid dienone is 3. The summed E-state index contributed by atoms with van der Waals surface area (Å²) in [4.78, 5) is 3.52. The third kappa shape index (κ3) is 2.02. The van der Waals surface area contributed by atoms with E-state index in [1.54, 1.807) is 12.4 Å². The van der Waals surface area contributed by atoms with Crippen LogP contribution in [0.3, 0.4) is 0 Å². The van der Waals surface area contributed by atoms with Crippen molar-refractivity contribution in [3.05, 3.63) is 24.4 Å². The Labute approximate surface area is 59.7 Å².